The first-order chi connectivity index (χ1) is 13.8. The van der Waals surface area contributed by atoms with Crippen molar-refractivity contribution in [2.45, 2.75) is 13.0 Å². The van der Waals surface area contributed by atoms with E-state index in [2.05, 4.69) is 5.32 Å². The average molecular weight is 401 g/mol. The van der Waals surface area contributed by atoms with Crippen molar-refractivity contribution < 1.29 is 33.0 Å². The van der Waals surface area contributed by atoms with E-state index in [4.69, 9.17) is 4.74 Å². The molecule has 0 aliphatic carbocycles. The molecule has 2 aromatic rings. The highest BCUT2D eigenvalue weighted by molar-refractivity contribution is 6.03. The molecule has 0 unspecified atom stereocenters. The number of hydrogen-bond donors (Lipinski definition) is 1. The van der Waals surface area contributed by atoms with E-state index in [1.54, 1.807) is 0 Å². The van der Waals surface area contributed by atoms with E-state index in [-0.39, 0.29) is 22.5 Å². The highest BCUT2D eigenvalue weighted by Crippen LogP contribution is 2.36. The predicted molar refractivity (Wildman–Crippen MR) is 95.6 cm³/mol. The molecule has 0 fully saturated rings. The van der Waals surface area contributed by atoms with Crippen LogP contribution in [-0.4, -0.2) is 25.1 Å². The molecule has 150 valence electrons. The molecule has 0 aromatic heterocycles. The number of halogens is 2. The number of carboxylic acid groups (broad SMARTS) is 1. The number of ether oxygens (including phenoxy) is 1. The van der Waals surface area contributed by atoms with Gasteiger partial charge in [0.25, 0.3) is 0 Å². The fraction of sp³-hybridized carbons (Fsp3) is 0.150. The molecule has 1 heterocycles. The molecule has 29 heavy (non-hydrogen) atoms. The molecule has 2 aromatic carbocycles. The number of urea groups is 1. The number of aromatic carboxylic acids is 1. The summed E-state index contributed by atoms with van der Waals surface area (Å²) in [5, 5.41) is 13.5. The Labute approximate surface area is 164 Å². The first-order valence-corrected chi connectivity index (χ1v) is 8.41. The summed E-state index contributed by atoms with van der Waals surface area (Å²) < 4.78 is 33.4. The van der Waals surface area contributed by atoms with Gasteiger partial charge in [-0.2, -0.15) is 0 Å². The molecule has 1 aliphatic rings. The van der Waals surface area contributed by atoms with E-state index in [0.717, 1.165) is 30.2 Å². The number of allylic oxidation sites excluding steroid dienone is 1. The molecular formula is C20H15F2N2O5-. The highest BCUT2D eigenvalue weighted by Gasteiger charge is 2.39. The number of carbonyl (C=O) groups is 3. The number of nitrogens with one attached hydrogen (secondary N) is 1. The summed E-state index contributed by atoms with van der Waals surface area (Å²) >= 11 is 0. The van der Waals surface area contributed by atoms with Crippen molar-refractivity contribution in [1.82, 2.24) is 5.32 Å². The summed E-state index contributed by atoms with van der Waals surface area (Å²) in [6.07, 6.45) is 0. The minimum Gasteiger partial charge on any atom is -0.545 e. The summed E-state index contributed by atoms with van der Waals surface area (Å²) in [4.78, 5) is 37.4. The molecule has 7 nitrogen and oxygen atoms in total. The van der Waals surface area contributed by atoms with Crippen LogP contribution in [0.5, 0.6) is 0 Å². The fourth-order valence-corrected chi connectivity index (χ4v) is 3.20. The lowest BCUT2D eigenvalue weighted by atomic mass is 9.93. The van der Waals surface area contributed by atoms with E-state index < -0.39 is 41.2 Å². The standard InChI is InChI=1S/C20H16F2N2O5/c1-10-15(19(27)29-2)17(16-13(21)7-4-8-14(16)22)23-20(28)24(10)12-6-3-5-11(9-12)18(25)26/h3-9,17H,1-2H3,(H,23,28)(H,25,26)/p-1/t17-/m0/s1. The third kappa shape index (κ3) is 3.54. The molecule has 0 saturated carbocycles. The molecule has 0 bridgehead atoms. The van der Waals surface area contributed by atoms with E-state index in [1.807, 2.05) is 0 Å². The van der Waals surface area contributed by atoms with Crippen LogP contribution in [0, 0.1) is 11.6 Å². The fourth-order valence-electron chi connectivity index (χ4n) is 3.20. The highest BCUT2D eigenvalue weighted by atomic mass is 19.1. The van der Waals surface area contributed by atoms with Crippen LogP contribution in [0.1, 0.15) is 28.9 Å². The summed E-state index contributed by atoms with van der Waals surface area (Å²) in [5.74, 6) is -4.25. The summed E-state index contributed by atoms with van der Waals surface area (Å²) in [6, 6.07) is 6.21. The van der Waals surface area contributed by atoms with Gasteiger partial charge in [-0.15, -0.1) is 0 Å². The molecular weight excluding hydrogens is 386 g/mol. The maximum absolute atomic E-state index is 14.3. The normalized spacial score (nSPS) is 16.5. The first-order valence-electron chi connectivity index (χ1n) is 8.41. The second kappa shape index (κ2) is 7.70. The van der Waals surface area contributed by atoms with Gasteiger partial charge in [0.2, 0.25) is 0 Å². The zero-order valence-corrected chi connectivity index (χ0v) is 15.4. The maximum Gasteiger partial charge on any atom is 0.337 e. The maximum atomic E-state index is 14.3. The Hall–Kier alpha value is -3.75. The second-order valence-corrected chi connectivity index (χ2v) is 6.18. The molecule has 1 N–H and O–H groups in total. The van der Waals surface area contributed by atoms with Crippen LogP contribution in [0.4, 0.5) is 19.3 Å². The molecule has 1 atom stereocenters. The number of carbonyl (C=O) groups excluding carboxylic acids is 3. The summed E-state index contributed by atoms with van der Waals surface area (Å²) in [7, 11) is 1.09. The number of hydrogen-bond acceptors (Lipinski definition) is 5. The van der Waals surface area contributed by atoms with Gasteiger partial charge in [0.15, 0.2) is 0 Å². The van der Waals surface area contributed by atoms with Gasteiger partial charge in [0.1, 0.15) is 11.6 Å². The Morgan fingerprint density at radius 1 is 1.14 bits per heavy atom. The number of anilines is 1. The van der Waals surface area contributed by atoms with Crippen LogP contribution < -0.4 is 15.3 Å². The predicted octanol–water partition coefficient (Wildman–Crippen LogP) is 2.05. The van der Waals surface area contributed by atoms with E-state index >= 15 is 0 Å². The number of rotatable bonds is 4. The molecule has 3 rings (SSSR count). The zero-order valence-electron chi connectivity index (χ0n) is 15.4. The Morgan fingerprint density at radius 2 is 1.76 bits per heavy atom. The van der Waals surface area contributed by atoms with Crippen LogP contribution in [0.25, 0.3) is 0 Å². The molecule has 0 radical (unpaired) electrons. The Bertz CT molecular complexity index is 1030. The lowest BCUT2D eigenvalue weighted by Gasteiger charge is -2.35. The zero-order chi connectivity index (χ0) is 21.3. The van der Waals surface area contributed by atoms with Gasteiger partial charge in [0.05, 0.1) is 35.9 Å². The smallest absolute Gasteiger partial charge is 0.337 e. The molecule has 0 saturated heterocycles. The van der Waals surface area contributed by atoms with Crippen LogP contribution in [0.3, 0.4) is 0 Å². The third-order valence-electron chi connectivity index (χ3n) is 4.52. The van der Waals surface area contributed by atoms with Gasteiger partial charge in [-0.3, -0.25) is 4.90 Å². The van der Waals surface area contributed by atoms with E-state index in [9.17, 15) is 28.3 Å². The van der Waals surface area contributed by atoms with Gasteiger partial charge in [-0.1, -0.05) is 18.2 Å². The number of carboxylic acids is 1. The summed E-state index contributed by atoms with van der Waals surface area (Å²) in [5.41, 5.74) is -0.747. The number of amides is 2. The lowest BCUT2D eigenvalue weighted by molar-refractivity contribution is -0.255. The van der Waals surface area contributed by atoms with Crippen LogP contribution in [-0.2, 0) is 9.53 Å². The third-order valence-corrected chi connectivity index (χ3v) is 4.52. The Kier molecular flexibility index (Phi) is 5.31. The second-order valence-electron chi connectivity index (χ2n) is 6.18. The first kappa shape index (κ1) is 20.0. The van der Waals surface area contributed by atoms with Crippen molar-refractivity contribution in [3.05, 3.63) is 76.5 Å². The minimum absolute atomic E-state index is 0.0313. The van der Waals surface area contributed by atoms with Crippen LogP contribution in [0.15, 0.2) is 53.7 Å². The topological polar surface area (TPSA) is 98.8 Å². The van der Waals surface area contributed by atoms with Crippen LogP contribution in [0.2, 0.25) is 0 Å². The lowest BCUT2D eigenvalue weighted by Crippen LogP contribution is -2.48. The van der Waals surface area contributed by atoms with Crippen LogP contribution >= 0.6 is 0 Å². The molecule has 2 amide bonds. The van der Waals surface area contributed by atoms with Gasteiger partial charge in [-0.05, 0) is 36.8 Å². The molecule has 0 spiro atoms. The monoisotopic (exact) mass is 401 g/mol. The molecule has 9 heteroatoms. The van der Waals surface area contributed by atoms with Crippen molar-refractivity contribution in [3.8, 4) is 0 Å². The van der Waals surface area contributed by atoms with Crippen molar-refractivity contribution in [1.29, 1.82) is 0 Å². The number of nitrogens with zero attached hydrogens (tertiary/aromatic N) is 1. The number of esters is 1. The quantitative estimate of drug-likeness (QED) is 0.791. The minimum atomic E-state index is -1.45. The number of methoxy groups -OCH3 is 1. The van der Waals surface area contributed by atoms with Gasteiger partial charge in [-0.25, -0.2) is 18.4 Å². The Morgan fingerprint density at radius 3 is 2.34 bits per heavy atom. The largest absolute Gasteiger partial charge is 0.545 e. The van der Waals surface area contributed by atoms with Gasteiger partial charge in [0, 0.05) is 5.70 Å². The van der Waals surface area contributed by atoms with Crippen molar-refractivity contribution in [2.75, 3.05) is 12.0 Å². The van der Waals surface area contributed by atoms with E-state index in [1.165, 1.54) is 31.2 Å². The van der Waals surface area contributed by atoms with Crippen molar-refractivity contribution in [3.63, 3.8) is 0 Å². The summed E-state index contributed by atoms with van der Waals surface area (Å²) in [6.45, 7) is 1.39. The van der Waals surface area contributed by atoms with Gasteiger partial charge < -0.3 is 20.0 Å². The van der Waals surface area contributed by atoms with E-state index in [0.29, 0.717) is 0 Å². The number of benzene rings is 2. The SMILES string of the molecule is COC(=O)C1=C(C)N(c2cccc(C(=O)[O-])c2)C(=O)N[C@@H]1c1c(F)cccc1F. The van der Waals surface area contributed by atoms with Crippen molar-refractivity contribution >= 4 is 23.7 Å². The van der Waals surface area contributed by atoms with Gasteiger partial charge >= 0.3 is 12.0 Å². The van der Waals surface area contributed by atoms with Crippen molar-refractivity contribution in [2.24, 2.45) is 0 Å². The molecule has 1 aliphatic heterocycles. The Balaban J connectivity index is 2.20. The average Bonchev–Trinajstić information content (AvgIpc) is 2.67.